The van der Waals surface area contributed by atoms with E-state index in [1.54, 1.807) is 0 Å². The second kappa shape index (κ2) is 11.2. The van der Waals surface area contributed by atoms with E-state index >= 15 is 0 Å². The minimum atomic E-state index is 0.605. The number of nitriles is 1. The molecule has 0 N–H and O–H groups in total. The molecule has 0 bridgehead atoms. The molecule has 6 heteroatoms. The average molecular weight is 714 g/mol. The fourth-order valence-corrected chi connectivity index (χ4v) is 9.09. The lowest BCUT2D eigenvalue weighted by Gasteiger charge is -2.10. The van der Waals surface area contributed by atoms with Crippen molar-refractivity contribution in [2.24, 2.45) is 0 Å². The Hall–Kier alpha value is -8.06. The molecule has 6 nitrogen and oxygen atoms in total. The predicted molar refractivity (Wildman–Crippen MR) is 228 cm³/mol. The van der Waals surface area contributed by atoms with Gasteiger partial charge in [-0.05, 0) is 102 Å². The molecule has 0 radical (unpaired) electrons. The van der Waals surface area contributed by atoms with Gasteiger partial charge in [-0.25, -0.2) is 4.85 Å². The lowest BCUT2D eigenvalue weighted by molar-refractivity contribution is 0.669. The van der Waals surface area contributed by atoms with Gasteiger partial charge in [-0.15, -0.1) is 0 Å². The Labute approximate surface area is 319 Å². The highest BCUT2D eigenvalue weighted by molar-refractivity contribution is 6.26. The zero-order valence-corrected chi connectivity index (χ0v) is 29.7. The number of hydrogen-bond donors (Lipinski definition) is 0. The van der Waals surface area contributed by atoms with E-state index in [4.69, 9.17) is 11.0 Å². The van der Waals surface area contributed by atoms with Gasteiger partial charge < -0.3 is 18.1 Å². The summed E-state index contributed by atoms with van der Waals surface area (Å²) in [6, 6.07) is 59.0. The van der Waals surface area contributed by atoms with Crippen molar-refractivity contribution in [2.45, 2.75) is 0 Å². The van der Waals surface area contributed by atoms with E-state index in [-0.39, 0.29) is 0 Å². The average Bonchev–Trinajstić information content (AvgIpc) is 3.99. The van der Waals surface area contributed by atoms with Gasteiger partial charge in [0.2, 0.25) is 0 Å². The topological polar surface area (TPSA) is 56.1 Å². The van der Waals surface area contributed by atoms with Crippen molar-refractivity contribution in [3.05, 3.63) is 181 Å². The molecule has 0 fully saturated rings. The fourth-order valence-electron chi connectivity index (χ4n) is 9.09. The molecule has 0 aliphatic rings. The number of nitrogens with zero attached hydrogens (tertiary/aromatic N) is 5. The van der Waals surface area contributed by atoms with E-state index < -0.39 is 0 Å². The molecule has 0 unspecified atom stereocenters. The van der Waals surface area contributed by atoms with Crippen LogP contribution in [0.3, 0.4) is 0 Å². The lowest BCUT2D eigenvalue weighted by atomic mass is 10.1. The molecule has 0 amide bonds. The van der Waals surface area contributed by atoms with Gasteiger partial charge in [-0.2, -0.15) is 5.26 Å². The monoisotopic (exact) mass is 713 g/mol. The van der Waals surface area contributed by atoms with Crippen LogP contribution in [-0.2, 0) is 0 Å². The Morgan fingerprint density at radius 1 is 0.446 bits per heavy atom. The standard InChI is InChI=1S/C50H27N5O/c1-52-31-16-21-45-41(26-31)49-46(22-19-37-35-11-5-8-14-43(35)55(50(37)49)32-9-3-2-4-10-32)54(45)34-18-24-48-40(28-34)39-27-33(17-23-47(39)56-48)53-42-13-7-6-12-36(42)38-25-30(29-51)15-20-44(38)53/h2-28H. The van der Waals surface area contributed by atoms with Gasteiger partial charge in [0.1, 0.15) is 11.2 Å². The van der Waals surface area contributed by atoms with Crippen LogP contribution in [0.2, 0.25) is 0 Å². The molecule has 0 saturated heterocycles. The molecular formula is C50H27N5O. The zero-order valence-electron chi connectivity index (χ0n) is 29.7. The minimum Gasteiger partial charge on any atom is -0.456 e. The summed E-state index contributed by atoms with van der Waals surface area (Å²) >= 11 is 0. The number of para-hydroxylation sites is 3. The molecule has 0 spiro atoms. The van der Waals surface area contributed by atoms with Gasteiger partial charge in [0.25, 0.3) is 0 Å². The first-order chi connectivity index (χ1) is 27.7. The Bertz CT molecular complexity index is 3730. The number of benzene rings is 8. The van der Waals surface area contributed by atoms with Gasteiger partial charge in [0.05, 0.1) is 51.3 Å². The molecular weight excluding hydrogens is 687 g/mol. The highest BCUT2D eigenvalue weighted by Gasteiger charge is 2.22. The second-order valence-corrected chi connectivity index (χ2v) is 14.4. The summed E-state index contributed by atoms with van der Waals surface area (Å²) in [5.41, 5.74) is 12.4. The SMILES string of the molecule is [C-]#[N+]c1ccc2c(c1)c1c(ccc3c4ccccc4n(-c4ccccc4)c31)n2-c1ccc2oc3ccc(-n4c5ccccc5c5cc(C#N)ccc54)cc3c2c1. The van der Waals surface area contributed by atoms with Crippen LogP contribution in [0.25, 0.3) is 109 Å². The molecule has 0 atom stereocenters. The van der Waals surface area contributed by atoms with Gasteiger partial charge in [0.15, 0.2) is 5.69 Å². The van der Waals surface area contributed by atoms with E-state index in [1.165, 1.54) is 10.8 Å². The second-order valence-electron chi connectivity index (χ2n) is 14.4. The van der Waals surface area contributed by atoms with Crippen LogP contribution in [-0.4, -0.2) is 13.7 Å². The highest BCUT2D eigenvalue weighted by Crippen LogP contribution is 2.44. The van der Waals surface area contributed by atoms with Crippen molar-refractivity contribution in [3.63, 3.8) is 0 Å². The number of fused-ring (bicyclic) bond motifs is 13. The Balaban J connectivity index is 1.14. The Morgan fingerprint density at radius 3 is 1.75 bits per heavy atom. The highest BCUT2D eigenvalue weighted by atomic mass is 16.3. The molecule has 4 heterocycles. The van der Waals surface area contributed by atoms with Crippen LogP contribution < -0.4 is 0 Å². The van der Waals surface area contributed by atoms with Crippen LogP contribution in [0, 0.1) is 17.9 Å². The first-order valence-corrected chi connectivity index (χ1v) is 18.5. The van der Waals surface area contributed by atoms with Crippen molar-refractivity contribution in [1.82, 2.24) is 13.7 Å². The van der Waals surface area contributed by atoms with E-state index in [9.17, 15) is 5.26 Å². The third kappa shape index (κ3) is 4.07. The summed E-state index contributed by atoms with van der Waals surface area (Å²) < 4.78 is 13.4. The lowest BCUT2D eigenvalue weighted by Crippen LogP contribution is -1.95. The number of aromatic nitrogens is 3. The minimum absolute atomic E-state index is 0.605. The van der Waals surface area contributed by atoms with E-state index in [0.29, 0.717) is 11.3 Å². The van der Waals surface area contributed by atoms with Crippen molar-refractivity contribution in [1.29, 1.82) is 5.26 Å². The van der Waals surface area contributed by atoms with Crippen LogP contribution >= 0.6 is 0 Å². The zero-order chi connectivity index (χ0) is 37.1. The van der Waals surface area contributed by atoms with Crippen LogP contribution in [0.4, 0.5) is 5.69 Å². The number of furan rings is 1. The van der Waals surface area contributed by atoms with Gasteiger partial charge in [0, 0.05) is 54.8 Å². The maximum atomic E-state index is 9.67. The molecule has 0 aliphatic carbocycles. The number of rotatable bonds is 3. The summed E-state index contributed by atoms with van der Waals surface area (Å²) in [6.45, 7) is 7.94. The van der Waals surface area contributed by atoms with Gasteiger partial charge in [-0.3, -0.25) is 0 Å². The molecule has 8 aromatic carbocycles. The van der Waals surface area contributed by atoms with Crippen LogP contribution in [0.1, 0.15) is 5.56 Å². The molecule has 0 saturated carbocycles. The van der Waals surface area contributed by atoms with E-state index in [1.807, 2.05) is 42.5 Å². The van der Waals surface area contributed by atoms with Crippen molar-refractivity contribution in [3.8, 4) is 23.1 Å². The van der Waals surface area contributed by atoms with Crippen molar-refractivity contribution in [2.75, 3.05) is 0 Å². The Morgan fingerprint density at radius 2 is 1.04 bits per heavy atom. The fraction of sp³-hybridized carbons (Fsp3) is 0. The molecule has 12 aromatic rings. The first-order valence-electron chi connectivity index (χ1n) is 18.5. The summed E-state index contributed by atoms with van der Waals surface area (Å²) in [7, 11) is 0. The van der Waals surface area contributed by atoms with Crippen LogP contribution in [0.15, 0.2) is 168 Å². The van der Waals surface area contributed by atoms with Gasteiger partial charge in [-0.1, -0.05) is 66.7 Å². The third-order valence-corrected chi connectivity index (χ3v) is 11.4. The van der Waals surface area contributed by atoms with Crippen molar-refractivity contribution < 1.29 is 4.42 Å². The van der Waals surface area contributed by atoms with Crippen molar-refractivity contribution >= 4 is 93.0 Å². The summed E-state index contributed by atoms with van der Waals surface area (Å²) in [5, 5.41) is 18.3. The Kier molecular flexibility index (Phi) is 6.10. The van der Waals surface area contributed by atoms with Gasteiger partial charge >= 0.3 is 0 Å². The molecule has 4 aromatic heterocycles. The smallest absolute Gasteiger partial charge is 0.188 e. The van der Waals surface area contributed by atoms with Crippen LogP contribution in [0.5, 0.6) is 0 Å². The molecule has 12 rings (SSSR count). The van der Waals surface area contributed by atoms with E-state index in [2.05, 4.69) is 146 Å². The number of hydrogen-bond acceptors (Lipinski definition) is 2. The normalized spacial score (nSPS) is 11.9. The van der Waals surface area contributed by atoms with E-state index in [0.717, 1.165) is 93.6 Å². The molecule has 56 heavy (non-hydrogen) atoms. The summed E-state index contributed by atoms with van der Waals surface area (Å²) in [6.07, 6.45) is 0. The molecule has 0 aliphatic heterocycles. The summed E-state index contributed by atoms with van der Waals surface area (Å²) in [5.74, 6) is 0. The third-order valence-electron chi connectivity index (χ3n) is 11.4. The maximum absolute atomic E-state index is 9.67. The molecule has 258 valence electrons. The quantitative estimate of drug-likeness (QED) is 0.171. The first kappa shape index (κ1) is 30.4. The predicted octanol–water partition coefficient (Wildman–Crippen LogP) is 13.3. The maximum Gasteiger partial charge on any atom is 0.188 e. The largest absolute Gasteiger partial charge is 0.456 e. The summed E-state index contributed by atoms with van der Waals surface area (Å²) in [4.78, 5) is 3.86.